The van der Waals surface area contributed by atoms with Gasteiger partial charge < -0.3 is 10.2 Å². The Balaban J connectivity index is 1.53. The predicted octanol–water partition coefficient (Wildman–Crippen LogP) is 3.99. The number of nitrogens with one attached hydrogen (secondary N) is 1. The lowest BCUT2D eigenvalue weighted by Crippen LogP contribution is -2.52. The monoisotopic (exact) mass is 395 g/mol. The minimum Gasteiger partial charge on any atom is -0.369 e. The first-order valence-corrected chi connectivity index (χ1v) is 8.97. The normalized spacial score (nSPS) is 16.7. The molecule has 1 aliphatic rings. The van der Waals surface area contributed by atoms with Crippen LogP contribution in [0.5, 0.6) is 0 Å². The second kappa shape index (κ2) is 8.18. The van der Waals surface area contributed by atoms with E-state index in [9.17, 15) is 22.4 Å². The van der Waals surface area contributed by atoms with E-state index in [4.69, 9.17) is 0 Å². The average Bonchev–Trinajstić information content (AvgIpc) is 2.68. The Morgan fingerprint density at radius 3 is 2.07 bits per heavy atom. The molecule has 1 N–H and O–H groups in total. The van der Waals surface area contributed by atoms with Crippen molar-refractivity contribution in [3.05, 3.63) is 59.9 Å². The molecule has 1 heterocycles. The van der Waals surface area contributed by atoms with Gasteiger partial charge in [-0.1, -0.05) is 0 Å². The van der Waals surface area contributed by atoms with Crippen LogP contribution in [0.4, 0.5) is 28.9 Å². The Labute approximate surface area is 160 Å². The number of carbonyl (C=O) groups is 1. The molecular weight excluding hydrogens is 374 g/mol. The number of piperazine rings is 1. The number of anilines is 2. The van der Waals surface area contributed by atoms with Crippen LogP contribution in [-0.4, -0.2) is 43.0 Å². The van der Waals surface area contributed by atoms with Gasteiger partial charge in [0.25, 0.3) is 0 Å². The first-order chi connectivity index (χ1) is 13.2. The molecule has 2 aromatic carbocycles. The lowest BCUT2D eigenvalue weighted by atomic mass is 10.1. The third-order valence-electron chi connectivity index (χ3n) is 4.91. The summed E-state index contributed by atoms with van der Waals surface area (Å²) in [5.41, 5.74) is 0.508. The van der Waals surface area contributed by atoms with Gasteiger partial charge in [-0.3, -0.25) is 9.69 Å². The Kier molecular flexibility index (Phi) is 5.88. The van der Waals surface area contributed by atoms with Crippen molar-refractivity contribution in [2.24, 2.45) is 0 Å². The number of hydrogen-bond donors (Lipinski definition) is 1. The van der Waals surface area contributed by atoms with Crippen molar-refractivity contribution in [2.45, 2.75) is 19.1 Å². The summed E-state index contributed by atoms with van der Waals surface area (Å²) < 4.78 is 50.9. The van der Waals surface area contributed by atoms with E-state index in [1.165, 1.54) is 24.3 Å². The van der Waals surface area contributed by atoms with Crippen molar-refractivity contribution >= 4 is 17.3 Å². The van der Waals surface area contributed by atoms with Crippen LogP contribution in [0.3, 0.4) is 0 Å². The Morgan fingerprint density at radius 2 is 1.54 bits per heavy atom. The molecule has 0 aliphatic carbocycles. The first-order valence-electron chi connectivity index (χ1n) is 8.97. The Morgan fingerprint density at radius 1 is 0.964 bits per heavy atom. The summed E-state index contributed by atoms with van der Waals surface area (Å²) in [4.78, 5) is 16.6. The molecule has 0 bridgehead atoms. The molecule has 0 aromatic heterocycles. The van der Waals surface area contributed by atoms with Crippen LogP contribution in [0.15, 0.2) is 48.5 Å². The molecule has 8 heteroatoms. The molecule has 150 valence electrons. The summed E-state index contributed by atoms with van der Waals surface area (Å²) in [7, 11) is 0. The molecule has 3 rings (SSSR count). The maximum Gasteiger partial charge on any atom is 0.416 e. The third kappa shape index (κ3) is 4.81. The summed E-state index contributed by atoms with van der Waals surface area (Å²) >= 11 is 0. The summed E-state index contributed by atoms with van der Waals surface area (Å²) in [5.74, 6) is -0.550. The van der Waals surface area contributed by atoms with E-state index in [2.05, 4.69) is 10.2 Å². The zero-order valence-corrected chi connectivity index (χ0v) is 15.3. The van der Waals surface area contributed by atoms with Gasteiger partial charge in [0.15, 0.2) is 0 Å². The number of nitrogens with zero attached hydrogens (tertiary/aromatic N) is 2. The van der Waals surface area contributed by atoms with E-state index in [-0.39, 0.29) is 11.7 Å². The largest absolute Gasteiger partial charge is 0.416 e. The van der Waals surface area contributed by atoms with Crippen molar-refractivity contribution in [1.29, 1.82) is 0 Å². The molecule has 0 saturated carbocycles. The lowest BCUT2D eigenvalue weighted by Gasteiger charge is -2.38. The van der Waals surface area contributed by atoms with Gasteiger partial charge in [-0.25, -0.2) is 4.39 Å². The molecule has 1 amide bonds. The van der Waals surface area contributed by atoms with E-state index in [1.807, 2.05) is 4.90 Å². The van der Waals surface area contributed by atoms with E-state index >= 15 is 0 Å². The number of amides is 1. The van der Waals surface area contributed by atoms with Crippen molar-refractivity contribution in [1.82, 2.24) is 4.90 Å². The standard InChI is InChI=1S/C20H21F4N3O/c1-14(19(28)25-17-6-2-15(3-7-17)20(22,23)24)26-10-12-27(13-11-26)18-8-4-16(21)5-9-18/h2-9,14H,10-13H2,1H3,(H,25,28). The first kappa shape index (κ1) is 20.1. The van der Waals surface area contributed by atoms with Crippen LogP contribution in [0.1, 0.15) is 12.5 Å². The highest BCUT2D eigenvalue weighted by Gasteiger charge is 2.30. The second-order valence-corrected chi connectivity index (χ2v) is 6.74. The third-order valence-corrected chi connectivity index (χ3v) is 4.91. The summed E-state index contributed by atoms with van der Waals surface area (Å²) in [5, 5.41) is 2.66. The minimum atomic E-state index is -4.40. The maximum atomic E-state index is 13.0. The molecule has 0 spiro atoms. The number of hydrogen-bond acceptors (Lipinski definition) is 3. The highest BCUT2D eigenvalue weighted by Crippen LogP contribution is 2.29. The fourth-order valence-electron chi connectivity index (χ4n) is 3.17. The van der Waals surface area contributed by atoms with Gasteiger partial charge in [-0.2, -0.15) is 13.2 Å². The summed E-state index contributed by atoms with van der Waals surface area (Å²) in [6.45, 7) is 4.47. The van der Waals surface area contributed by atoms with Crippen LogP contribution < -0.4 is 10.2 Å². The van der Waals surface area contributed by atoms with Gasteiger partial charge in [-0.05, 0) is 55.5 Å². The fraction of sp³-hybridized carbons (Fsp3) is 0.350. The molecule has 1 aliphatic heterocycles. The fourth-order valence-corrected chi connectivity index (χ4v) is 3.17. The molecule has 4 nitrogen and oxygen atoms in total. The Hall–Kier alpha value is -2.61. The predicted molar refractivity (Wildman–Crippen MR) is 99.7 cm³/mol. The number of rotatable bonds is 4. The average molecular weight is 395 g/mol. The van der Waals surface area contributed by atoms with Crippen molar-refractivity contribution in [2.75, 3.05) is 36.4 Å². The van der Waals surface area contributed by atoms with E-state index in [1.54, 1.807) is 19.1 Å². The summed E-state index contributed by atoms with van der Waals surface area (Å²) in [6, 6.07) is 10.3. The number of carbonyl (C=O) groups excluding carboxylic acids is 1. The highest BCUT2D eigenvalue weighted by molar-refractivity contribution is 5.94. The van der Waals surface area contributed by atoms with Crippen LogP contribution in [-0.2, 0) is 11.0 Å². The van der Waals surface area contributed by atoms with Crippen molar-refractivity contribution in [3.63, 3.8) is 0 Å². The van der Waals surface area contributed by atoms with Crippen LogP contribution in [0.2, 0.25) is 0 Å². The number of benzene rings is 2. The molecule has 1 saturated heterocycles. The quantitative estimate of drug-likeness (QED) is 0.795. The smallest absolute Gasteiger partial charge is 0.369 e. The minimum absolute atomic E-state index is 0.269. The Bertz CT molecular complexity index is 798. The van der Waals surface area contributed by atoms with E-state index in [0.29, 0.717) is 31.9 Å². The molecule has 0 radical (unpaired) electrons. The van der Waals surface area contributed by atoms with Gasteiger partial charge >= 0.3 is 6.18 Å². The van der Waals surface area contributed by atoms with Gasteiger partial charge in [0.05, 0.1) is 11.6 Å². The lowest BCUT2D eigenvalue weighted by molar-refractivity contribution is -0.137. The van der Waals surface area contributed by atoms with Crippen molar-refractivity contribution in [3.8, 4) is 0 Å². The van der Waals surface area contributed by atoms with Gasteiger partial charge in [-0.15, -0.1) is 0 Å². The second-order valence-electron chi connectivity index (χ2n) is 6.74. The SMILES string of the molecule is CC(C(=O)Nc1ccc(C(F)(F)F)cc1)N1CCN(c2ccc(F)cc2)CC1. The zero-order valence-electron chi connectivity index (χ0n) is 15.3. The van der Waals surface area contributed by atoms with Gasteiger partial charge in [0.1, 0.15) is 5.82 Å². The number of alkyl halides is 3. The van der Waals surface area contributed by atoms with Crippen LogP contribution >= 0.6 is 0 Å². The number of halogens is 4. The topological polar surface area (TPSA) is 35.6 Å². The zero-order chi connectivity index (χ0) is 20.3. The van der Waals surface area contributed by atoms with Gasteiger partial charge in [0, 0.05) is 37.6 Å². The molecule has 1 atom stereocenters. The van der Waals surface area contributed by atoms with Gasteiger partial charge in [0.2, 0.25) is 5.91 Å². The van der Waals surface area contributed by atoms with Crippen LogP contribution in [0, 0.1) is 5.82 Å². The van der Waals surface area contributed by atoms with E-state index < -0.39 is 17.8 Å². The molecule has 1 unspecified atom stereocenters. The molecular formula is C20H21F4N3O. The molecule has 28 heavy (non-hydrogen) atoms. The summed E-state index contributed by atoms with van der Waals surface area (Å²) in [6.07, 6.45) is -4.40. The maximum absolute atomic E-state index is 13.0. The highest BCUT2D eigenvalue weighted by atomic mass is 19.4. The van der Waals surface area contributed by atoms with Crippen LogP contribution in [0.25, 0.3) is 0 Å². The van der Waals surface area contributed by atoms with E-state index in [0.717, 1.165) is 17.8 Å². The molecule has 2 aromatic rings. The molecule has 1 fully saturated rings. The van der Waals surface area contributed by atoms with Crippen molar-refractivity contribution < 1.29 is 22.4 Å².